The predicted octanol–water partition coefficient (Wildman–Crippen LogP) is 3.85. The molecule has 8 heteroatoms. The summed E-state index contributed by atoms with van der Waals surface area (Å²) in [6, 6.07) is 0.777. The average molecular weight is 413 g/mol. The molecule has 0 unspecified atom stereocenters. The van der Waals surface area contributed by atoms with Crippen LogP contribution in [0.15, 0.2) is 19.6 Å². The molecule has 1 aromatic heterocycles. The maximum absolute atomic E-state index is 11.7. The maximum Gasteiger partial charge on any atom is 0.408 e. The zero-order chi connectivity index (χ0) is 15.5. The third-order valence-electron chi connectivity index (χ3n) is 2.08. The zero-order valence-electron chi connectivity index (χ0n) is 11.2. The summed E-state index contributed by atoms with van der Waals surface area (Å²) in [7, 11) is 0. The number of halogens is 2. The molecule has 1 aromatic rings. The van der Waals surface area contributed by atoms with E-state index in [1.165, 1.54) is 0 Å². The summed E-state index contributed by atoms with van der Waals surface area (Å²) in [5, 5.41) is 11.4. The summed E-state index contributed by atoms with van der Waals surface area (Å²) >= 11 is 6.39. The number of hydrogen-bond donors (Lipinski definition) is 2. The van der Waals surface area contributed by atoms with Crippen molar-refractivity contribution in [3.8, 4) is 0 Å². The van der Waals surface area contributed by atoms with Gasteiger partial charge in [0.25, 0.3) is 0 Å². The van der Waals surface area contributed by atoms with Crippen LogP contribution in [0.2, 0.25) is 0 Å². The fourth-order valence-electron chi connectivity index (χ4n) is 1.38. The molecule has 0 fully saturated rings. The van der Waals surface area contributed by atoms with Crippen molar-refractivity contribution >= 4 is 43.9 Å². The second-order valence-electron chi connectivity index (χ2n) is 5.07. The molecule has 0 radical (unpaired) electrons. The number of carboxylic acids is 1. The lowest BCUT2D eigenvalue weighted by atomic mass is 10.1. The van der Waals surface area contributed by atoms with Crippen molar-refractivity contribution in [2.45, 2.75) is 38.8 Å². The number of nitrogens with one attached hydrogen (secondary N) is 1. The van der Waals surface area contributed by atoms with E-state index in [4.69, 9.17) is 14.3 Å². The third kappa shape index (κ3) is 5.54. The van der Waals surface area contributed by atoms with Crippen LogP contribution in [-0.2, 0) is 9.53 Å². The lowest BCUT2D eigenvalue weighted by Crippen LogP contribution is -2.35. The van der Waals surface area contributed by atoms with Crippen LogP contribution in [0.25, 0.3) is 0 Å². The molecule has 0 aliphatic heterocycles. The smallest absolute Gasteiger partial charge is 0.408 e. The van der Waals surface area contributed by atoms with Gasteiger partial charge in [0.1, 0.15) is 17.4 Å². The molecule has 0 spiro atoms. The Kier molecular flexibility index (Phi) is 5.64. The first-order chi connectivity index (χ1) is 9.08. The van der Waals surface area contributed by atoms with Crippen molar-refractivity contribution in [3.05, 3.63) is 21.0 Å². The Morgan fingerprint density at radius 1 is 1.45 bits per heavy atom. The van der Waals surface area contributed by atoms with Gasteiger partial charge >= 0.3 is 12.1 Å². The molecule has 1 rings (SSSR count). The molecule has 0 saturated heterocycles. The van der Waals surface area contributed by atoms with Gasteiger partial charge in [-0.25, -0.2) is 4.79 Å². The third-order valence-corrected chi connectivity index (χ3v) is 3.79. The first-order valence-electron chi connectivity index (χ1n) is 5.74. The number of carboxylic acid groups (broad SMARTS) is 1. The SMILES string of the molecule is CC(C)(C)OC(=O)N[C@H](CC(=O)O)c1cc(Br)c(Br)o1. The molecule has 1 atom stereocenters. The van der Waals surface area contributed by atoms with Crippen LogP contribution in [0.4, 0.5) is 4.79 Å². The van der Waals surface area contributed by atoms with Gasteiger partial charge in [0.05, 0.1) is 10.9 Å². The second kappa shape index (κ2) is 6.62. The number of carbonyl (C=O) groups excluding carboxylic acids is 1. The van der Waals surface area contributed by atoms with E-state index in [0.29, 0.717) is 14.9 Å². The molecule has 0 aromatic carbocycles. The van der Waals surface area contributed by atoms with E-state index in [1.807, 2.05) is 0 Å². The Morgan fingerprint density at radius 3 is 2.45 bits per heavy atom. The van der Waals surface area contributed by atoms with Crippen LogP contribution in [0.5, 0.6) is 0 Å². The summed E-state index contributed by atoms with van der Waals surface area (Å²) in [6.07, 6.45) is -1.02. The molecule has 20 heavy (non-hydrogen) atoms. The van der Waals surface area contributed by atoms with Crippen LogP contribution in [0, 0.1) is 0 Å². The van der Waals surface area contributed by atoms with Crippen molar-refractivity contribution in [1.29, 1.82) is 0 Å². The van der Waals surface area contributed by atoms with Gasteiger partial charge in [0.2, 0.25) is 0 Å². The molecular formula is C12H15Br2NO5. The number of ether oxygens (including phenoxy) is 1. The van der Waals surface area contributed by atoms with E-state index in [9.17, 15) is 9.59 Å². The molecule has 0 aliphatic carbocycles. The fourth-order valence-corrected chi connectivity index (χ4v) is 1.99. The first kappa shape index (κ1) is 17.0. The van der Waals surface area contributed by atoms with Gasteiger partial charge in [-0.1, -0.05) is 0 Å². The monoisotopic (exact) mass is 411 g/mol. The molecule has 6 nitrogen and oxygen atoms in total. The Bertz CT molecular complexity index is 487. The largest absolute Gasteiger partial charge is 0.481 e. The van der Waals surface area contributed by atoms with Crippen LogP contribution in [-0.4, -0.2) is 22.8 Å². The van der Waals surface area contributed by atoms with Crippen molar-refractivity contribution in [1.82, 2.24) is 5.32 Å². The molecule has 1 amide bonds. The number of carbonyl (C=O) groups is 2. The van der Waals surface area contributed by atoms with Crippen molar-refractivity contribution in [2.75, 3.05) is 0 Å². The van der Waals surface area contributed by atoms with Crippen LogP contribution in [0.1, 0.15) is 39.0 Å². The number of rotatable bonds is 4. The fraction of sp³-hybridized carbons (Fsp3) is 0.500. The molecular weight excluding hydrogens is 398 g/mol. The topological polar surface area (TPSA) is 88.8 Å². The van der Waals surface area contributed by atoms with Gasteiger partial charge in [-0.05, 0) is 58.7 Å². The highest BCUT2D eigenvalue weighted by Crippen LogP contribution is 2.31. The number of aliphatic carboxylic acids is 1. The summed E-state index contributed by atoms with van der Waals surface area (Å²) in [6.45, 7) is 5.16. The van der Waals surface area contributed by atoms with E-state index in [0.717, 1.165) is 0 Å². The molecule has 0 saturated carbocycles. The molecule has 0 bridgehead atoms. The Labute approximate surface area is 133 Å². The highest BCUT2D eigenvalue weighted by Gasteiger charge is 2.25. The molecule has 0 aliphatic rings. The van der Waals surface area contributed by atoms with E-state index < -0.39 is 23.7 Å². The van der Waals surface area contributed by atoms with Crippen molar-refractivity contribution in [2.24, 2.45) is 0 Å². The molecule has 2 N–H and O–H groups in total. The van der Waals surface area contributed by atoms with Gasteiger partial charge in [-0.2, -0.15) is 0 Å². The highest BCUT2D eigenvalue weighted by molar-refractivity contribution is 9.13. The molecule has 112 valence electrons. The summed E-state index contributed by atoms with van der Waals surface area (Å²) in [5.41, 5.74) is -0.664. The second-order valence-corrected chi connectivity index (χ2v) is 6.64. The summed E-state index contributed by atoms with van der Waals surface area (Å²) in [5.74, 6) is -0.744. The van der Waals surface area contributed by atoms with E-state index in [1.54, 1.807) is 26.8 Å². The van der Waals surface area contributed by atoms with E-state index in [2.05, 4.69) is 37.2 Å². The van der Waals surface area contributed by atoms with Crippen molar-refractivity contribution in [3.63, 3.8) is 0 Å². The van der Waals surface area contributed by atoms with Gasteiger partial charge in [-0.15, -0.1) is 0 Å². The van der Waals surface area contributed by atoms with Crippen molar-refractivity contribution < 1.29 is 23.8 Å². The lowest BCUT2D eigenvalue weighted by Gasteiger charge is -2.22. The number of hydrogen-bond acceptors (Lipinski definition) is 4. The first-order valence-corrected chi connectivity index (χ1v) is 7.33. The van der Waals surface area contributed by atoms with Crippen LogP contribution < -0.4 is 5.32 Å². The standard InChI is InChI=1S/C12H15Br2NO5/c1-12(2,3)20-11(18)15-7(5-9(16)17)8-4-6(13)10(14)19-8/h4,7H,5H2,1-3H3,(H,15,18)(H,16,17)/t7-/m1/s1. The Hall–Kier alpha value is -1.02. The highest BCUT2D eigenvalue weighted by atomic mass is 79.9. The lowest BCUT2D eigenvalue weighted by molar-refractivity contribution is -0.137. The number of alkyl carbamates (subject to hydrolysis) is 1. The summed E-state index contributed by atoms with van der Waals surface area (Å²) in [4.78, 5) is 22.6. The predicted molar refractivity (Wildman–Crippen MR) is 78.5 cm³/mol. The van der Waals surface area contributed by atoms with Gasteiger partial charge in [0.15, 0.2) is 4.67 Å². The Balaban J connectivity index is 2.85. The van der Waals surface area contributed by atoms with Gasteiger partial charge in [-0.3, -0.25) is 4.79 Å². The van der Waals surface area contributed by atoms with Gasteiger partial charge in [0, 0.05) is 0 Å². The zero-order valence-corrected chi connectivity index (χ0v) is 14.4. The quantitative estimate of drug-likeness (QED) is 0.783. The van der Waals surface area contributed by atoms with E-state index in [-0.39, 0.29) is 6.42 Å². The van der Waals surface area contributed by atoms with Crippen LogP contribution in [0.3, 0.4) is 0 Å². The normalized spacial score (nSPS) is 12.8. The average Bonchev–Trinajstić information content (AvgIpc) is 2.54. The minimum absolute atomic E-state index is 0.314. The number of furan rings is 1. The maximum atomic E-state index is 11.7. The molecule has 1 heterocycles. The van der Waals surface area contributed by atoms with Gasteiger partial charge < -0.3 is 19.6 Å². The van der Waals surface area contributed by atoms with Crippen LogP contribution >= 0.6 is 31.9 Å². The minimum Gasteiger partial charge on any atom is -0.481 e. The minimum atomic E-state index is -1.06. The summed E-state index contributed by atoms with van der Waals surface area (Å²) < 4.78 is 11.5. The van der Waals surface area contributed by atoms with E-state index >= 15 is 0 Å². The number of amides is 1. The Morgan fingerprint density at radius 2 is 2.05 bits per heavy atom.